The van der Waals surface area contributed by atoms with E-state index < -0.39 is 0 Å². The van der Waals surface area contributed by atoms with Crippen LogP contribution in [0.1, 0.15) is 27.0 Å². The van der Waals surface area contributed by atoms with Crippen molar-refractivity contribution in [3.05, 3.63) is 57.8 Å². The number of carbonyl (C=O) groups excluding carboxylic acids is 1. The standard InChI is InChI=1S/C16H15NOS/c1-2-14-10-11-15(19-14)16(18)17-12-6-9-13-7-4-3-5-8-13/h3-5,7-8,10-11H,2,12H2,1H3,(H,17,18). The van der Waals surface area contributed by atoms with Gasteiger partial charge in [0.25, 0.3) is 5.91 Å². The zero-order chi connectivity index (χ0) is 13.5. The predicted octanol–water partition coefficient (Wildman–Crippen LogP) is 3.09. The Morgan fingerprint density at radius 2 is 2.00 bits per heavy atom. The minimum Gasteiger partial charge on any atom is -0.340 e. The molecule has 1 N–H and O–H groups in total. The van der Waals surface area contributed by atoms with Crippen LogP contribution in [0.15, 0.2) is 42.5 Å². The molecule has 2 aromatic rings. The van der Waals surface area contributed by atoms with E-state index in [1.54, 1.807) is 0 Å². The Morgan fingerprint density at radius 3 is 2.68 bits per heavy atom. The number of benzene rings is 1. The third kappa shape index (κ3) is 3.97. The van der Waals surface area contributed by atoms with Gasteiger partial charge in [-0.25, -0.2) is 0 Å². The molecule has 0 saturated heterocycles. The molecule has 0 bridgehead atoms. The summed E-state index contributed by atoms with van der Waals surface area (Å²) in [6, 6.07) is 13.6. The number of carbonyl (C=O) groups is 1. The quantitative estimate of drug-likeness (QED) is 0.852. The largest absolute Gasteiger partial charge is 0.340 e. The molecule has 0 unspecified atom stereocenters. The number of nitrogens with one attached hydrogen (secondary N) is 1. The maximum absolute atomic E-state index is 11.8. The Kier molecular flexibility index (Phi) is 4.77. The van der Waals surface area contributed by atoms with Crippen LogP contribution in [0, 0.1) is 11.8 Å². The van der Waals surface area contributed by atoms with Gasteiger partial charge in [-0.1, -0.05) is 37.0 Å². The minimum atomic E-state index is -0.0490. The summed E-state index contributed by atoms with van der Waals surface area (Å²) in [5, 5.41) is 2.80. The highest BCUT2D eigenvalue weighted by atomic mass is 32.1. The topological polar surface area (TPSA) is 29.1 Å². The van der Waals surface area contributed by atoms with E-state index in [1.165, 1.54) is 16.2 Å². The van der Waals surface area contributed by atoms with Gasteiger partial charge in [0, 0.05) is 10.4 Å². The van der Waals surface area contributed by atoms with Crippen molar-refractivity contribution in [2.75, 3.05) is 6.54 Å². The smallest absolute Gasteiger partial charge is 0.262 e. The van der Waals surface area contributed by atoms with E-state index in [2.05, 4.69) is 24.1 Å². The number of hydrogen-bond donors (Lipinski definition) is 1. The molecule has 1 aromatic heterocycles. The zero-order valence-electron chi connectivity index (χ0n) is 10.8. The van der Waals surface area contributed by atoms with Gasteiger partial charge in [-0.3, -0.25) is 4.79 Å². The average Bonchev–Trinajstić information content (AvgIpc) is 2.93. The first-order chi connectivity index (χ1) is 9.29. The van der Waals surface area contributed by atoms with E-state index in [9.17, 15) is 4.79 Å². The van der Waals surface area contributed by atoms with Crippen LogP contribution in [0.5, 0.6) is 0 Å². The highest BCUT2D eigenvalue weighted by Gasteiger charge is 2.06. The molecule has 0 spiro atoms. The van der Waals surface area contributed by atoms with Crippen molar-refractivity contribution in [1.29, 1.82) is 0 Å². The van der Waals surface area contributed by atoms with E-state index in [0.29, 0.717) is 6.54 Å². The van der Waals surface area contributed by atoms with Gasteiger partial charge in [-0.05, 0) is 30.7 Å². The molecular formula is C16H15NOS. The van der Waals surface area contributed by atoms with Gasteiger partial charge in [-0.2, -0.15) is 0 Å². The third-order valence-electron chi connectivity index (χ3n) is 2.58. The molecule has 0 aliphatic heterocycles. The van der Waals surface area contributed by atoms with Crippen molar-refractivity contribution in [3.63, 3.8) is 0 Å². The van der Waals surface area contributed by atoms with E-state index in [4.69, 9.17) is 0 Å². The van der Waals surface area contributed by atoms with Crippen LogP contribution in [-0.4, -0.2) is 12.5 Å². The number of amides is 1. The molecule has 2 nitrogen and oxygen atoms in total. The summed E-state index contributed by atoms with van der Waals surface area (Å²) in [7, 11) is 0. The lowest BCUT2D eigenvalue weighted by Crippen LogP contribution is -2.22. The second-order valence-corrected chi connectivity index (χ2v) is 5.14. The molecule has 0 radical (unpaired) electrons. The van der Waals surface area contributed by atoms with Gasteiger partial charge in [0.05, 0.1) is 11.4 Å². The SMILES string of the molecule is CCc1ccc(C(=O)NCC#Cc2ccccc2)s1. The van der Waals surface area contributed by atoms with Crippen LogP contribution in [0.25, 0.3) is 0 Å². The number of rotatable bonds is 3. The van der Waals surface area contributed by atoms with Gasteiger partial charge in [-0.15, -0.1) is 11.3 Å². The molecule has 0 aliphatic rings. The van der Waals surface area contributed by atoms with E-state index in [0.717, 1.165) is 16.9 Å². The molecule has 0 fully saturated rings. The van der Waals surface area contributed by atoms with Crippen molar-refractivity contribution in [3.8, 4) is 11.8 Å². The first kappa shape index (κ1) is 13.4. The van der Waals surface area contributed by atoms with Crippen LogP contribution in [-0.2, 0) is 6.42 Å². The normalized spacial score (nSPS) is 9.53. The van der Waals surface area contributed by atoms with Crippen LogP contribution in [0.3, 0.4) is 0 Å². The maximum atomic E-state index is 11.8. The zero-order valence-corrected chi connectivity index (χ0v) is 11.6. The van der Waals surface area contributed by atoms with Gasteiger partial charge in [0.1, 0.15) is 0 Å². The molecule has 1 amide bonds. The summed E-state index contributed by atoms with van der Waals surface area (Å²) >= 11 is 1.54. The first-order valence-electron chi connectivity index (χ1n) is 6.20. The predicted molar refractivity (Wildman–Crippen MR) is 79.4 cm³/mol. The second-order valence-electron chi connectivity index (χ2n) is 3.97. The van der Waals surface area contributed by atoms with Gasteiger partial charge < -0.3 is 5.32 Å². The van der Waals surface area contributed by atoms with Gasteiger partial charge in [0.15, 0.2) is 0 Å². The summed E-state index contributed by atoms with van der Waals surface area (Å²) in [5.41, 5.74) is 0.959. The molecule has 1 aromatic carbocycles. The van der Waals surface area contributed by atoms with Crippen LogP contribution in [0.4, 0.5) is 0 Å². The Labute approximate surface area is 117 Å². The van der Waals surface area contributed by atoms with Gasteiger partial charge >= 0.3 is 0 Å². The Morgan fingerprint density at radius 1 is 1.21 bits per heavy atom. The Bertz CT molecular complexity index is 604. The van der Waals surface area contributed by atoms with E-state index in [1.807, 2.05) is 42.5 Å². The summed E-state index contributed by atoms with van der Waals surface area (Å²) in [6.45, 7) is 2.45. The molecule has 0 aliphatic carbocycles. The first-order valence-corrected chi connectivity index (χ1v) is 7.02. The minimum absolute atomic E-state index is 0.0490. The molecule has 96 valence electrons. The van der Waals surface area contributed by atoms with Crippen LogP contribution < -0.4 is 5.32 Å². The lowest BCUT2D eigenvalue weighted by atomic mass is 10.2. The fraction of sp³-hybridized carbons (Fsp3) is 0.188. The van der Waals surface area contributed by atoms with Crippen molar-refractivity contribution in [2.24, 2.45) is 0 Å². The van der Waals surface area contributed by atoms with Crippen molar-refractivity contribution < 1.29 is 4.79 Å². The van der Waals surface area contributed by atoms with Crippen molar-refractivity contribution >= 4 is 17.2 Å². The molecular weight excluding hydrogens is 254 g/mol. The average molecular weight is 269 g/mol. The third-order valence-corrected chi connectivity index (χ3v) is 3.81. The number of thiophene rings is 1. The van der Waals surface area contributed by atoms with E-state index in [-0.39, 0.29) is 5.91 Å². The molecule has 0 atom stereocenters. The summed E-state index contributed by atoms with van der Waals surface area (Å²) in [6.07, 6.45) is 0.964. The van der Waals surface area contributed by atoms with Crippen LogP contribution >= 0.6 is 11.3 Å². The fourth-order valence-electron chi connectivity index (χ4n) is 1.57. The highest BCUT2D eigenvalue weighted by molar-refractivity contribution is 7.14. The maximum Gasteiger partial charge on any atom is 0.262 e. The molecule has 3 heteroatoms. The lowest BCUT2D eigenvalue weighted by Gasteiger charge is -1.97. The summed E-state index contributed by atoms with van der Waals surface area (Å²) in [5.74, 6) is 5.90. The fourth-order valence-corrected chi connectivity index (χ4v) is 2.43. The van der Waals surface area contributed by atoms with E-state index >= 15 is 0 Å². The number of aryl methyl sites for hydroxylation is 1. The van der Waals surface area contributed by atoms with Crippen molar-refractivity contribution in [2.45, 2.75) is 13.3 Å². The second kappa shape index (κ2) is 6.77. The van der Waals surface area contributed by atoms with Crippen LogP contribution in [0.2, 0.25) is 0 Å². The van der Waals surface area contributed by atoms with Crippen molar-refractivity contribution in [1.82, 2.24) is 5.32 Å². The van der Waals surface area contributed by atoms with Gasteiger partial charge in [0.2, 0.25) is 0 Å². The highest BCUT2D eigenvalue weighted by Crippen LogP contribution is 2.16. The Hall–Kier alpha value is -2.05. The lowest BCUT2D eigenvalue weighted by molar-refractivity contribution is 0.0962. The molecule has 19 heavy (non-hydrogen) atoms. The Balaban J connectivity index is 1.86. The summed E-state index contributed by atoms with van der Waals surface area (Å²) < 4.78 is 0. The molecule has 2 rings (SSSR count). The number of hydrogen-bond acceptors (Lipinski definition) is 2. The molecule has 1 heterocycles. The monoisotopic (exact) mass is 269 g/mol. The summed E-state index contributed by atoms with van der Waals surface area (Å²) in [4.78, 5) is 13.8. The molecule has 0 saturated carbocycles.